The monoisotopic (exact) mass is 328 g/mol. The molecule has 0 aliphatic heterocycles. The average molecular weight is 328 g/mol. The standard InChI is InChI=1S/C16H17NO.Y/c1-17(2)16(18)15(13-9-5-3-6-10-13)14-11-7-4-8-12-14;/h3-12,15H,1-2H3;. The SMILES string of the molecule is CN(C)C(=O)C(c1ccccc1)c1ccccc1.[Y]. The van der Waals surface area contributed by atoms with Gasteiger partial charge < -0.3 is 4.90 Å². The van der Waals surface area contributed by atoms with Crippen LogP contribution in [0.3, 0.4) is 0 Å². The molecule has 19 heavy (non-hydrogen) atoms. The van der Waals surface area contributed by atoms with E-state index in [1.165, 1.54) is 0 Å². The molecule has 0 saturated heterocycles. The third kappa shape index (κ3) is 3.99. The third-order valence-electron chi connectivity index (χ3n) is 2.95. The largest absolute Gasteiger partial charge is 0.348 e. The van der Waals surface area contributed by atoms with Crippen molar-refractivity contribution >= 4 is 5.91 Å². The van der Waals surface area contributed by atoms with Crippen LogP contribution in [0.4, 0.5) is 0 Å². The predicted molar refractivity (Wildman–Crippen MR) is 73.4 cm³/mol. The summed E-state index contributed by atoms with van der Waals surface area (Å²) in [6.45, 7) is 0. The van der Waals surface area contributed by atoms with Crippen molar-refractivity contribution in [1.82, 2.24) is 4.90 Å². The van der Waals surface area contributed by atoms with Gasteiger partial charge in [-0.3, -0.25) is 4.79 Å². The van der Waals surface area contributed by atoms with Crippen LogP contribution < -0.4 is 0 Å². The molecule has 1 radical (unpaired) electrons. The maximum atomic E-state index is 12.4. The van der Waals surface area contributed by atoms with Gasteiger partial charge in [-0.05, 0) is 11.1 Å². The number of amides is 1. The van der Waals surface area contributed by atoms with Crippen LogP contribution >= 0.6 is 0 Å². The predicted octanol–water partition coefficient (Wildman–Crippen LogP) is 2.90. The molecule has 0 saturated carbocycles. The Kier molecular flexibility index (Phi) is 6.40. The Hall–Kier alpha value is -0.986. The first-order valence-corrected chi connectivity index (χ1v) is 6.01. The second-order valence-electron chi connectivity index (χ2n) is 4.49. The second-order valence-corrected chi connectivity index (χ2v) is 4.49. The Labute approximate surface area is 139 Å². The number of hydrogen-bond donors (Lipinski definition) is 0. The van der Waals surface area contributed by atoms with Crippen molar-refractivity contribution in [3.8, 4) is 0 Å². The number of carbonyl (C=O) groups is 1. The smallest absolute Gasteiger partial charge is 0.234 e. The van der Waals surface area contributed by atoms with E-state index in [0.29, 0.717) is 0 Å². The van der Waals surface area contributed by atoms with E-state index < -0.39 is 0 Å². The summed E-state index contributed by atoms with van der Waals surface area (Å²) in [6.07, 6.45) is 0. The minimum atomic E-state index is -0.220. The molecular formula is C16H17NOY. The molecule has 0 aromatic heterocycles. The summed E-state index contributed by atoms with van der Waals surface area (Å²) in [7, 11) is 3.59. The number of carbonyl (C=O) groups excluding carboxylic acids is 1. The van der Waals surface area contributed by atoms with Crippen molar-refractivity contribution in [2.45, 2.75) is 5.92 Å². The number of likely N-dealkylation sites (N-methyl/N-ethyl adjacent to an activating group) is 1. The van der Waals surface area contributed by atoms with Crippen molar-refractivity contribution in [3.63, 3.8) is 0 Å². The first-order chi connectivity index (χ1) is 8.70. The third-order valence-corrected chi connectivity index (χ3v) is 2.95. The van der Waals surface area contributed by atoms with Gasteiger partial charge >= 0.3 is 0 Å². The van der Waals surface area contributed by atoms with Gasteiger partial charge in [-0.1, -0.05) is 60.7 Å². The number of benzene rings is 2. The van der Waals surface area contributed by atoms with Crippen LogP contribution in [0.5, 0.6) is 0 Å². The molecule has 0 heterocycles. The quantitative estimate of drug-likeness (QED) is 0.848. The number of hydrogen-bond acceptors (Lipinski definition) is 1. The Morgan fingerprint density at radius 1 is 0.842 bits per heavy atom. The van der Waals surface area contributed by atoms with E-state index in [9.17, 15) is 4.79 Å². The Balaban J connectivity index is 0.00000180. The topological polar surface area (TPSA) is 20.3 Å². The van der Waals surface area contributed by atoms with Gasteiger partial charge in [-0.15, -0.1) is 0 Å². The van der Waals surface area contributed by atoms with Crippen molar-refractivity contribution in [2.75, 3.05) is 14.1 Å². The van der Waals surface area contributed by atoms with Gasteiger partial charge in [0.15, 0.2) is 0 Å². The molecule has 2 rings (SSSR count). The number of rotatable bonds is 3. The molecule has 0 atom stereocenters. The van der Waals surface area contributed by atoms with Gasteiger partial charge in [-0.2, -0.15) is 0 Å². The summed E-state index contributed by atoms with van der Waals surface area (Å²) in [5, 5.41) is 0. The molecule has 0 spiro atoms. The van der Waals surface area contributed by atoms with Gasteiger partial charge in [0.2, 0.25) is 5.91 Å². The molecule has 2 nitrogen and oxygen atoms in total. The summed E-state index contributed by atoms with van der Waals surface area (Å²) in [5.41, 5.74) is 2.06. The average Bonchev–Trinajstić information content (AvgIpc) is 2.41. The molecule has 0 unspecified atom stereocenters. The van der Waals surface area contributed by atoms with Crippen molar-refractivity contribution in [3.05, 3.63) is 71.8 Å². The minimum absolute atomic E-state index is 0. The van der Waals surface area contributed by atoms with Gasteiger partial charge in [-0.25, -0.2) is 0 Å². The molecule has 0 aliphatic carbocycles. The first-order valence-electron chi connectivity index (χ1n) is 6.01. The molecule has 95 valence electrons. The van der Waals surface area contributed by atoms with E-state index in [0.717, 1.165) is 11.1 Å². The van der Waals surface area contributed by atoms with Crippen LogP contribution in [0.25, 0.3) is 0 Å². The van der Waals surface area contributed by atoms with E-state index in [1.54, 1.807) is 19.0 Å². The molecule has 2 aromatic carbocycles. The zero-order valence-corrected chi connectivity index (χ0v) is 14.1. The molecule has 0 N–H and O–H groups in total. The fraction of sp³-hybridized carbons (Fsp3) is 0.188. The van der Waals surface area contributed by atoms with Crippen molar-refractivity contribution in [2.24, 2.45) is 0 Å². The second kappa shape index (κ2) is 7.57. The van der Waals surface area contributed by atoms with Gasteiger partial charge in [0.1, 0.15) is 0 Å². The van der Waals surface area contributed by atoms with E-state index in [1.807, 2.05) is 60.7 Å². The van der Waals surface area contributed by atoms with Crippen molar-refractivity contribution < 1.29 is 37.5 Å². The molecule has 0 aliphatic rings. The summed E-state index contributed by atoms with van der Waals surface area (Å²) < 4.78 is 0. The van der Waals surface area contributed by atoms with Crippen LogP contribution in [-0.2, 0) is 37.5 Å². The van der Waals surface area contributed by atoms with E-state index in [2.05, 4.69) is 0 Å². The Bertz CT molecular complexity index is 471. The Morgan fingerprint density at radius 2 is 1.21 bits per heavy atom. The summed E-state index contributed by atoms with van der Waals surface area (Å²) >= 11 is 0. The van der Waals surface area contributed by atoms with Crippen LogP contribution in [0.2, 0.25) is 0 Å². The van der Waals surface area contributed by atoms with E-state index >= 15 is 0 Å². The molecule has 1 amide bonds. The maximum absolute atomic E-state index is 12.4. The fourth-order valence-corrected chi connectivity index (χ4v) is 2.03. The molecule has 3 heteroatoms. The number of nitrogens with zero attached hydrogens (tertiary/aromatic N) is 1. The normalized spacial score (nSPS) is 9.84. The molecule has 0 fully saturated rings. The van der Waals surface area contributed by atoms with E-state index in [-0.39, 0.29) is 44.5 Å². The van der Waals surface area contributed by atoms with Crippen LogP contribution in [-0.4, -0.2) is 24.9 Å². The van der Waals surface area contributed by atoms with Gasteiger partial charge in [0, 0.05) is 46.8 Å². The first kappa shape index (κ1) is 16.1. The zero-order valence-electron chi connectivity index (χ0n) is 11.3. The summed E-state index contributed by atoms with van der Waals surface area (Å²) in [5.74, 6) is -0.116. The summed E-state index contributed by atoms with van der Waals surface area (Å²) in [6, 6.07) is 19.8. The molecule has 0 bridgehead atoms. The molecule has 2 aromatic rings. The Morgan fingerprint density at radius 3 is 1.53 bits per heavy atom. The van der Waals surface area contributed by atoms with E-state index in [4.69, 9.17) is 0 Å². The molecular weight excluding hydrogens is 311 g/mol. The summed E-state index contributed by atoms with van der Waals surface area (Å²) in [4.78, 5) is 14.0. The van der Waals surface area contributed by atoms with Crippen molar-refractivity contribution in [1.29, 1.82) is 0 Å². The maximum Gasteiger partial charge on any atom is 0.234 e. The van der Waals surface area contributed by atoms with Gasteiger partial charge in [0.05, 0.1) is 5.92 Å². The van der Waals surface area contributed by atoms with Gasteiger partial charge in [0.25, 0.3) is 0 Å². The van der Waals surface area contributed by atoms with Crippen LogP contribution in [0.1, 0.15) is 17.0 Å². The zero-order chi connectivity index (χ0) is 13.0. The minimum Gasteiger partial charge on any atom is -0.348 e. The fourth-order valence-electron chi connectivity index (χ4n) is 2.03. The van der Waals surface area contributed by atoms with Crippen LogP contribution in [0, 0.1) is 0 Å². The van der Waals surface area contributed by atoms with Crippen LogP contribution in [0.15, 0.2) is 60.7 Å².